The number of rotatable bonds is 10. The summed E-state index contributed by atoms with van der Waals surface area (Å²) in [6, 6.07) is 13.8. The second-order valence-electron chi connectivity index (χ2n) is 7.37. The maximum atomic E-state index is 12.1. The van der Waals surface area contributed by atoms with Crippen molar-refractivity contribution in [2.45, 2.75) is 19.3 Å². The number of nitrogens with one attached hydrogen (secondary N) is 2. The molecule has 2 rings (SSSR count). The van der Waals surface area contributed by atoms with Crippen molar-refractivity contribution >= 4 is 11.9 Å². The van der Waals surface area contributed by atoms with Gasteiger partial charge in [0, 0.05) is 39.8 Å². The number of benzene rings is 2. The van der Waals surface area contributed by atoms with Crippen molar-refractivity contribution in [3.8, 4) is 11.5 Å². The smallest absolute Gasteiger partial charge is 0.253 e. The molecule has 0 heterocycles. The predicted molar refractivity (Wildman–Crippen MR) is 125 cm³/mol. The van der Waals surface area contributed by atoms with Gasteiger partial charge in [0.15, 0.2) is 17.5 Å². The first-order valence-corrected chi connectivity index (χ1v) is 10.4. The summed E-state index contributed by atoms with van der Waals surface area (Å²) in [4.78, 5) is 18.0. The number of nitrogens with zero attached hydrogens (tertiary/aromatic N) is 2. The molecule has 1 amide bonds. The molecule has 0 aliphatic rings. The molecule has 0 aromatic heterocycles. The van der Waals surface area contributed by atoms with Gasteiger partial charge in [-0.3, -0.25) is 9.79 Å². The minimum Gasteiger partial charge on any atom is -0.493 e. The standard InChI is InChI=1S/C24H34N4O3/c1-25-24(26-14-7-9-18-11-12-21(30-4)22(17-18)31-5)27-15-13-19-8-6-10-20(16-19)23(29)28(2)3/h6,8,10-12,16-17H,7,9,13-15H2,1-5H3,(H2,25,26,27). The Kier molecular flexibility index (Phi) is 9.68. The van der Waals surface area contributed by atoms with Crippen LogP contribution < -0.4 is 20.1 Å². The van der Waals surface area contributed by atoms with E-state index in [2.05, 4.69) is 21.7 Å². The molecule has 0 radical (unpaired) electrons. The fourth-order valence-electron chi connectivity index (χ4n) is 3.20. The van der Waals surface area contributed by atoms with Crippen molar-refractivity contribution in [2.24, 2.45) is 4.99 Å². The number of guanidine groups is 1. The fraction of sp³-hybridized carbons (Fsp3) is 0.417. The Hall–Kier alpha value is -3.22. The van der Waals surface area contributed by atoms with E-state index in [9.17, 15) is 4.79 Å². The van der Waals surface area contributed by atoms with Crippen LogP contribution in [-0.4, -0.2) is 65.2 Å². The number of aryl methyl sites for hydroxylation is 1. The quantitative estimate of drug-likeness (QED) is 0.347. The molecule has 31 heavy (non-hydrogen) atoms. The SMILES string of the molecule is CN=C(NCCCc1ccc(OC)c(OC)c1)NCCc1cccc(C(=O)N(C)C)c1. The summed E-state index contributed by atoms with van der Waals surface area (Å²) in [6.07, 6.45) is 2.70. The highest BCUT2D eigenvalue weighted by Gasteiger charge is 2.08. The molecule has 168 valence electrons. The molecule has 7 heteroatoms. The van der Waals surface area contributed by atoms with E-state index < -0.39 is 0 Å². The first-order chi connectivity index (χ1) is 15.0. The van der Waals surface area contributed by atoms with Crippen LogP contribution in [0.2, 0.25) is 0 Å². The lowest BCUT2D eigenvalue weighted by atomic mass is 10.1. The van der Waals surface area contributed by atoms with E-state index in [-0.39, 0.29) is 5.91 Å². The average Bonchev–Trinajstić information content (AvgIpc) is 2.79. The van der Waals surface area contributed by atoms with Crippen LogP contribution in [-0.2, 0) is 12.8 Å². The van der Waals surface area contributed by atoms with Crippen LogP contribution in [0.3, 0.4) is 0 Å². The van der Waals surface area contributed by atoms with Crippen LogP contribution >= 0.6 is 0 Å². The third kappa shape index (κ3) is 7.51. The van der Waals surface area contributed by atoms with Gasteiger partial charge < -0.3 is 25.0 Å². The first-order valence-electron chi connectivity index (χ1n) is 10.4. The molecule has 0 aliphatic carbocycles. The minimum atomic E-state index is 0.0155. The van der Waals surface area contributed by atoms with Crippen molar-refractivity contribution in [1.82, 2.24) is 15.5 Å². The Balaban J connectivity index is 1.75. The van der Waals surface area contributed by atoms with Gasteiger partial charge in [0.05, 0.1) is 14.2 Å². The summed E-state index contributed by atoms with van der Waals surface area (Å²) in [5.74, 6) is 2.28. The predicted octanol–water partition coefficient (Wildman–Crippen LogP) is 2.75. The minimum absolute atomic E-state index is 0.0155. The number of carbonyl (C=O) groups excluding carboxylic acids is 1. The van der Waals surface area contributed by atoms with Crippen molar-refractivity contribution < 1.29 is 14.3 Å². The Morgan fingerprint density at radius 3 is 2.32 bits per heavy atom. The van der Waals surface area contributed by atoms with Crippen LogP contribution in [0, 0.1) is 0 Å². The van der Waals surface area contributed by atoms with Crippen LogP contribution in [0.4, 0.5) is 0 Å². The number of hydrogen-bond donors (Lipinski definition) is 2. The van der Waals surface area contributed by atoms with E-state index in [0.29, 0.717) is 5.56 Å². The van der Waals surface area contributed by atoms with Crippen LogP contribution in [0.5, 0.6) is 11.5 Å². The maximum absolute atomic E-state index is 12.1. The molecule has 0 atom stereocenters. The molecule has 0 spiro atoms. The van der Waals surface area contributed by atoms with E-state index in [1.807, 2.05) is 36.4 Å². The van der Waals surface area contributed by atoms with E-state index >= 15 is 0 Å². The molecular formula is C24H34N4O3. The van der Waals surface area contributed by atoms with E-state index in [4.69, 9.17) is 9.47 Å². The van der Waals surface area contributed by atoms with Gasteiger partial charge in [-0.2, -0.15) is 0 Å². The van der Waals surface area contributed by atoms with Gasteiger partial charge in [-0.15, -0.1) is 0 Å². The Labute approximate surface area is 185 Å². The molecule has 0 unspecified atom stereocenters. The number of methoxy groups -OCH3 is 2. The van der Waals surface area contributed by atoms with Crippen molar-refractivity contribution in [3.63, 3.8) is 0 Å². The third-order valence-electron chi connectivity index (χ3n) is 4.89. The number of carbonyl (C=O) groups is 1. The van der Waals surface area contributed by atoms with Crippen molar-refractivity contribution in [2.75, 3.05) is 48.5 Å². The zero-order valence-corrected chi connectivity index (χ0v) is 19.2. The van der Waals surface area contributed by atoms with Gasteiger partial charge in [0.2, 0.25) is 0 Å². The summed E-state index contributed by atoms with van der Waals surface area (Å²) in [7, 11) is 8.57. The zero-order chi connectivity index (χ0) is 22.6. The van der Waals surface area contributed by atoms with Crippen molar-refractivity contribution in [1.29, 1.82) is 0 Å². The fourth-order valence-corrected chi connectivity index (χ4v) is 3.20. The number of hydrogen-bond acceptors (Lipinski definition) is 4. The van der Waals surface area contributed by atoms with Crippen LogP contribution in [0.1, 0.15) is 27.9 Å². The van der Waals surface area contributed by atoms with Crippen LogP contribution in [0.25, 0.3) is 0 Å². The second kappa shape index (κ2) is 12.5. The molecule has 0 aliphatic heterocycles. The Bertz CT molecular complexity index is 881. The molecule has 0 bridgehead atoms. The van der Waals surface area contributed by atoms with Gasteiger partial charge in [-0.1, -0.05) is 18.2 Å². The highest BCUT2D eigenvalue weighted by molar-refractivity contribution is 5.94. The van der Waals surface area contributed by atoms with Gasteiger partial charge in [0.25, 0.3) is 5.91 Å². The summed E-state index contributed by atoms with van der Waals surface area (Å²) >= 11 is 0. The molecular weight excluding hydrogens is 392 g/mol. The monoisotopic (exact) mass is 426 g/mol. The summed E-state index contributed by atoms with van der Waals surface area (Å²) in [5, 5.41) is 6.67. The zero-order valence-electron chi connectivity index (χ0n) is 19.2. The highest BCUT2D eigenvalue weighted by Crippen LogP contribution is 2.27. The number of ether oxygens (including phenoxy) is 2. The average molecular weight is 427 g/mol. The summed E-state index contributed by atoms with van der Waals surface area (Å²) < 4.78 is 10.6. The van der Waals surface area contributed by atoms with Gasteiger partial charge in [0.1, 0.15) is 0 Å². The maximum Gasteiger partial charge on any atom is 0.253 e. The highest BCUT2D eigenvalue weighted by atomic mass is 16.5. The summed E-state index contributed by atoms with van der Waals surface area (Å²) in [5.41, 5.74) is 3.03. The molecule has 0 fully saturated rings. The summed E-state index contributed by atoms with van der Waals surface area (Å²) in [6.45, 7) is 1.54. The lowest BCUT2D eigenvalue weighted by molar-refractivity contribution is 0.0827. The first kappa shape index (κ1) is 24.1. The third-order valence-corrected chi connectivity index (χ3v) is 4.89. The van der Waals surface area contributed by atoms with E-state index in [0.717, 1.165) is 55.4 Å². The molecule has 2 aromatic rings. The number of aliphatic imine (C=N–C) groups is 1. The second-order valence-corrected chi connectivity index (χ2v) is 7.37. The topological polar surface area (TPSA) is 75.2 Å². The Morgan fingerprint density at radius 2 is 1.65 bits per heavy atom. The van der Waals surface area contributed by atoms with Crippen molar-refractivity contribution in [3.05, 3.63) is 59.2 Å². The lowest BCUT2D eigenvalue weighted by Gasteiger charge is -2.13. The van der Waals surface area contributed by atoms with Gasteiger partial charge >= 0.3 is 0 Å². The normalized spacial score (nSPS) is 11.1. The van der Waals surface area contributed by atoms with Gasteiger partial charge in [-0.05, 0) is 54.7 Å². The molecule has 0 saturated carbocycles. The van der Waals surface area contributed by atoms with Gasteiger partial charge in [-0.25, -0.2) is 0 Å². The van der Waals surface area contributed by atoms with E-state index in [1.54, 1.807) is 40.3 Å². The number of amides is 1. The molecule has 7 nitrogen and oxygen atoms in total. The lowest BCUT2D eigenvalue weighted by Crippen LogP contribution is -2.38. The largest absolute Gasteiger partial charge is 0.493 e. The molecule has 0 saturated heterocycles. The molecule has 2 N–H and O–H groups in total. The van der Waals surface area contributed by atoms with Crippen LogP contribution in [0.15, 0.2) is 47.5 Å². The molecule has 2 aromatic carbocycles. The Morgan fingerprint density at radius 1 is 0.935 bits per heavy atom. The van der Waals surface area contributed by atoms with E-state index in [1.165, 1.54) is 5.56 Å².